The predicted octanol–water partition coefficient (Wildman–Crippen LogP) is 2.60. The summed E-state index contributed by atoms with van der Waals surface area (Å²) in [5, 5.41) is 0. The third-order valence-corrected chi connectivity index (χ3v) is 2.43. The van der Waals surface area contributed by atoms with Crippen molar-refractivity contribution in [3.8, 4) is 11.8 Å². The van der Waals surface area contributed by atoms with Crippen LogP contribution in [0.1, 0.15) is 35.2 Å². The molecule has 1 heteroatoms. The number of hydrogen-bond acceptors (Lipinski definition) is 1. The van der Waals surface area contributed by atoms with Gasteiger partial charge >= 0.3 is 0 Å². The lowest BCUT2D eigenvalue weighted by molar-refractivity contribution is 0.0980. The van der Waals surface area contributed by atoms with Crippen molar-refractivity contribution in [2.45, 2.75) is 25.7 Å². The topological polar surface area (TPSA) is 17.1 Å². The average molecular weight is 184 g/mol. The molecule has 0 N–H and O–H groups in total. The Kier molecular flexibility index (Phi) is 2.65. The van der Waals surface area contributed by atoms with Crippen LogP contribution < -0.4 is 0 Å². The van der Waals surface area contributed by atoms with Crippen molar-refractivity contribution in [2.24, 2.45) is 0 Å². The van der Waals surface area contributed by atoms with Gasteiger partial charge in [0.2, 0.25) is 0 Å². The van der Waals surface area contributed by atoms with E-state index in [9.17, 15) is 4.79 Å². The fourth-order valence-electron chi connectivity index (χ4n) is 1.66. The van der Waals surface area contributed by atoms with Crippen LogP contribution in [0.5, 0.6) is 0 Å². The molecular weight excluding hydrogens is 172 g/mol. The minimum Gasteiger partial charge on any atom is -0.294 e. The van der Waals surface area contributed by atoms with Gasteiger partial charge in [-0.2, -0.15) is 0 Å². The Morgan fingerprint density at radius 1 is 1.14 bits per heavy atom. The zero-order valence-electron chi connectivity index (χ0n) is 8.05. The molecule has 0 radical (unpaired) electrons. The molecule has 1 aromatic rings. The fourth-order valence-corrected chi connectivity index (χ4v) is 1.66. The monoisotopic (exact) mass is 184 g/mol. The maximum Gasteiger partial charge on any atom is 0.163 e. The first-order valence-electron chi connectivity index (χ1n) is 4.95. The molecule has 1 aliphatic rings. The van der Waals surface area contributed by atoms with Gasteiger partial charge in [-0.3, -0.25) is 4.79 Å². The van der Waals surface area contributed by atoms with Crippen LogP contribution in [-0.2, 0) is 6.42 Å². The summed E-state index contributed by atoms with van der Waals surface area (Å²) in [7, 11) is 0. The minimum absolute atomic E-state index is 0.256. The first kappa shape index (κ1) is 9.02. The van der Waals surface area contributed by atoms with E-state index in [1.54, 1.807) is 0 Å². The lowest BCUT2D eigenvalue weighted by Gasteiger charge is -2.04. The highest BCUT2D eigenvalue weighted by atomic mass is 16.1. The zero-order chi connectivity index (χ0) is 9.80. The van der Waals surface area contributed by atoms with Crippen LogP contribution in [-0.4, -0.2) is 5.78 Å². The molecule has 0 saturated heterocycles. The smallest absolute Gasteiger partial charge is 0.163 e. The summed E-state index contributed by atoms with van der Waals surface area (Å²) in [5.74, 6) is 6.44. The summed E-state index contributed by atoms with van der Waals surface area (Å²) < 4.78 is 0. The van der Waals surface area contributed by atoms with Gasteiger partial charge in [-0.25, -0.2) is 0 Å². The molecule has 0 aromatic heterocycles. The van der Waals surface area contributed by atoms with Gasteiger partial charge in [0.25, 0.3) is 0 Å². The SMILES string of the molecule is O=C1CCCC#CCc2ccccc21. The van der Waals surface area contributed by atoms with Crippen molar-refractivity contribution >= 4 is 5.78 Å². The van der Waals surface area contributed by atoms with Crippen LogP contribution in [0.2, 0.25) is 0 Å². The van der Waals surface area contributed by atoms with E-state index >= 15 is 0 Å². The summed E-state index contributed by atoms with van der Waals surface area (Å²) in [5.41, 5.74) is 1.94. The summed E-state index contributed by atoms with van der Waals surface area (Å²) in [4.78, 5) is 11.8. The minimum atomic E-state index is 0.256. The normalized spacial score (nSPS) is 15.6. The Morgan fingerprint density at radius 3 is 2.93 bits per heavy atom. The van der Waals surface area contributed by atoms with E-state index in [2.05, 4.69) is 11.8 Å². The number of ketones is 1. The van der Waals surface area contributed by atoms with Crippen LogP contribution in [0, 0.1) is 11.8 Å². The van der Waals surface area contributed by atoms with E-state index in [1.165, 1.54) is 0 Å². The summed E-state index contributed by atoms with van der Waals surface area (Å²) in [6.07, 6.45) is 3.08. The number of rotatable bonds is 0. The second-order valence-corrected chi connectivity index (χ2v) is 3.46. The molecular formula is C13H12O. The fraction of sp³-hybridized carbons (Fsp3) is 0.308. The molecule has 1 aromatic carbocycles. The Balaban J connectivity index is 2.40. The Labute approximate surface area is 84.1 Å². The quantitative estimate of drug-likeness (QED) is 0.566. The molecule has 1 aliphatic carbocycles. The van der Waals surface area contributed by atoms with Crippen LogP contribution in [0.25, 0.3) is 0 Å². The van der Waals surface area contributed by atoms with E-state index in [1.807, 2.05) is 24.3 Å². The van der Waals surface area contributed by atoms with Gasteiger partial charge in [-0.05, 0) is 12.0 Å². The third kappa shape index (κ3) is 1.85. The molecule has 2 rings (SSSR count). The maximum atomic E-state index is 11.8. The highest BCUT2D eigenvalue weighted by molar-refractivity contribution is 5.97. The first-order chi connectivity index (χ1) is 6.88. The van der Waals surface area contributed by atoms with Crippen molar-refractivity contribution in [1.29, 1.82) is 0 Å². The van der Waals surface area contributed by atoms with E-state index < -0.39 is 0 Å². The highest BCUT2D eigenvalue weighted by Gasteiger charge is 2.10. The second-order valence-electron chi connectivity index (χ2n) is 3.46. The average Bonchev–Trinajstić information content (AvgIpc) is 2.30. The Hall–Kier alpha value is -1.55. The molecule has 0 amide bonds. The summed E-state index contributed by atoms with van der Waals surface area (Å²) in [6.45, 7) is 0. The van der Waals surface area contributed by atoms with Crippen LogP contribution >= 0.6 is 0 Å². The van der Waals surface area contributed by atoms with Crippen molar-refractivity contribution < 1.29 is 4.79 Å². The Morgan fingerprint density at radius 2 is 2.00 bits per heavy atom. The lowest BCUT2D eigenvalue weighted by Crippen LogP contribution is -2.02. The van der Waals surface area contributed by atoms with E-state index in [0.717, 1.165) is 24.0 Å². The van der Waals surface area contributed by atoms with E-state index in [4.69, 9.17) is 0 Å². The van der Waals surface area contributed by atoms with Crippen LogP contribution in [0.4, 0.5) is 0 Å². The first-order valence-corrected chi connectivity index (χ1v) is 4.95. The van der Waals surface area contributed by atoms with Gasteiger partial charge < -0.3 is 0 Å². The number of carbonyl (C=O) groups is 1. The second kappa shape index (κ2) is 4.11. The van der Waals surface area contributed by atoms with Crippen molar-refractivity contribution in [3.05, 3.63) is 35.4 Å². The maximum absolute atomic E-state index is 11.8. The Bertz CT molecular complexity index is 407. The molecule has 0 saturated carbocycles. The van der Waals surface area contributed by atoms with Crippen molar-refractivity contribution in [1.82, 2.24) is 0 Å². The van der Waals surface area contributed by atoms with Crippen molar-refractivity contribution in [2.75, 3.05) is 0 Å². The molecule has 1 nitrogen and oxygen atoms in total. The largest absolute Gasteiger partial charge is 0.294 e. The standard InChI is InChI=1S/C13H12O/c14-13-10-4-2-1-3-7-11-8-5-6-9-12(11)13/h5-6,8-9H,2,4,7,10H2. The summed E-state index contributed by atoms with van der Waals surface area (Å²) in [6, 6.07) is 7.78. The van der Waals surface area contributed by atoms with Gasteiger partial charge in [-0.1, -0.05) is 30.2 Å². The molecule has 0 heterocycles. The number of fused-ring (bicyclic) bond motifs is 1. The van der Waals surface area contributed by atoms with Crippen LogP contribution in [0.3, 0.4) is 0 Å². The lowest BCUT2D eigenvalue weighted by atomic mass is 9.99. The van der Waals surface area contributed by atoms with Gasteiger partial charge in [0.15, 0.2) is 5.78 Å². The van der Waals surface area contributed by atoms with Gasteiger partial charge in [0, 0.05) is 24.8 Å². The molecule has 0 fully saturated rings. The number of benzene rings is 1. The van der Waals surface area contributed by atoms with E-state index in [0.29, 0.717) is 12.8 Å². The highest BCUT2D eigenvalue weighted by Crippen LogP contribution is 2.14. The van der Waals surface area contributed by atoms with Crippen molar-refractivity contribution in [3.63, 3.8) is 0 Å². The molecule has 14 heavy (non-hydrogen) atoms. The number of hydrogen-bond donors (Lipinski definition) is 0. The molecule has 0 unspecified atom stereocenters. The zero-order valence-corrected chi connectivity index (χ0v) is 8.05. The van der Waals surface area contributed by atoms with Crippen LogP contribution in [0.15, 0.2) is 24.3 Å². The van der Waals surface area contributed by atoms with Gasteiger partial charge in [0.05, 0.1) is 0 Å². The van der Waals surface area contributed by atoms with Gasteiger partial charge in [-0.15, -0.1) is 5.92 Å². The van der Waals surface area contributed by atoms with Gasteiger partial charge in [0.1, 0.15) is 0 Å². The molecule has 0 spiro atoms. The predicted molar refractivity (Wildman–Crippen MR) is 56.1 cm³/mol. The number of Topliss-reactive ketones (excluding diaryl/α,β-unsaturated/α-hetero) is 1. The third-order valence-electron chi connectivity index (χ3n) is 2.43. The molecule has 0 bridgehead atoms. The van der Waals surface area contributed by atoms with E-state index in [-0.39, 0.29) is 5.78 Å². The molecule has 0 aliphatic heterocycles. The molecule has 0 atom stereocenters. The summed E-state index contributed by atoms with van der Waals surface area (Å²) >= 11 is 0. The number of carbonyl (C=O) groups excluding carboxylic acids is 1. The molecule has 70 valence electrons.